The van der Waals surface area contributed by atoms with E-state index in [1.54, 1.807) is 0 Å². The van der Waals surface area contributed by atoms with E-state index in [0.717, 1.165) is 39.1 Å². The number of nitrogens with zero attached hydrogens (tertiary/aromatic N) is 2. The van der Waals surface area contributed by atoms with E-state index >= 15 is 0 Å². The molecular formula is C19H21N3OS. The van der Waals surface area contributed by atoms with Crippen molar-refractivity contribution in [1.29, 1.82) is 0 Å². The standard InChI is InChI=1S/C19H21N3OS/c1-10-11(2)21-19(22-12(10)3)24-14(5)18(23)17-13(4)20-16-9-7-6-8-15(16)17/h6-9,14,20H,1-5H3/t14-/m1/s1. The van der Waals surface area contributed by atoms with Crippen LogP contribution >= 0.6 is 11.8 Å². The van der Waals surface area contributed by atoms with Gasteiger partial charge in [-0.15, -0.1) is 0 Å². The molecule has 0 spiro atoms. The van der Waals surface area contributed by atoms with Gasteiger partial charge in [-0.05, 0) is 46.2 Å². The maximum atomic E-state index is 13.0. The number of carbonyl (C=O) groups excluding carboxylic acids is 1. The van der Waals surface area contributed by atoms with Crippen molar-refractivity contribution in [2.75, 3.05) is 0 Å². The summed E-state index contributed by atoms with van der Waals surface area (Å²) in [5.41, 5.74) is 5.71. The predicted molar refractivity (Wildman–Crippen MR) is 98.9 cm³/mol. The van der Waals surface area contributed by atoms with Gasteiger partial charge in [0.1, 0.15) is 0 Å². The van der Waals surface area contributed by atoms with E-state index in [1.807, 2.05) is 58.9 Å². The molecule has 1 aromatic carbocycles. The topological polar surface area (TPSA) is 58.6 Å². The molecule has 0 fully saturated rings. The van der Waals surface area contributed by atoms with Crippen LogP contribution in [0.1, 0.15) is 39.9 Å². The van der Waals surface area contributed by atoms with Gasteiger partial charge in [-0.25, -0.2) is 9.97 Å². The van der Waals surface area contributed by atoms with Gasteiger partial charge in [-0.1, -0.05) is 30.0 Å². The molecule has 0 saturated heterocycles. The zero-order valence-electron chi connectivity index (χ0n) is 14.6. The molecule has 0 radical (unpaired) electrons. The zero-order chi connectivity index (χ0) is 17.4. The minimum Gasteiger partial charge on any atom is -0.358 e. The van der Waals surface area contributed by atoms with Crippen molar-refractivity contribution in [1.82, 2.24) is 15.0 Å². The fourth-order valence-electron chi connectivity index (χ4n) is 2.80. The summed E-state index contributed by atoms with van der Waals surface area (Å²) < 4.78 is 0. The van der Waals surface area contributed by atoms with E-state index in [2.05, 4.69) is 15.0 Å². The number of para-hydroxylation sites is 1. The Balaban J connectivity index is 1.91. The molecule has 0 aliphatic carbocycles. The highest BCUT2D eigenvalue weighted by Crippen LogP contribution is 2.29. The quantitative estimate of drug-likeness (QED) is 0.430. The van der Waals surface area contributed by atoms with Crippen molar-refractivity contribution < 1.29 is 4.79 Å². The Morgan fingerprint density at radius 1 is 1.08 bits per heavy atom. The monoisotopic (exact) mass is 339 g/mol. The maximum Gasteiger partial charge on any atom is 0.188 e. The lowest BCUT2D eigenvalue weighted by Crippen LogP contribution is -2.15. The summed E-state index contributed by atoms with van der Waals surface area (Å²) >= 11 is 1.42. The van der Waals surface area contributed by atoms with Crippen LogP contribution in [0, 0.1) is 27.7 Å². The Morgan fingerprint density at radius 3 is 2.38 bits per heavy atom. The van der Waals surface area contributed by atoms with Crippen molar-refractivity contribution in [2.45, 2.75) is 45.0 Å². The molecule has 3 rings (SSSR count). The molecule has 5 heteroatoms. The summed E-state index contributed by atoms with van der Waals surface area (Å²) in [4.78, 5) is 25.3. The second-order valence-electron chi connectivity index (χ2n) is 6.10. The third kappa shape index (κ3) is 2.96. The van der Waals surface area contributed by atoms with Gasteiger partial charge < -0.3 is 4.98 Å². The Bertz CT molecular complexity index is 907. The molecule has 24 heavy (non-hydrogen) atoms. The molecule has 124 valence electrons. The fourth-order valence-corrected chi connectivity index (χ4v) is 3.72. The van der Waals surface area contributed by atoms with Crippen LogP contribution in [0.2, 0.25) is 0 Å². The van der Waals surface area contributed by atoms with Gasteiger partial charge in [0.25, 0.3) is 0 Å². The number of benzene rings is 1. The van der Waals surface area contributed by atoms with E-state index in [4.69, 9.17) is 0 Å². The molecule has 0 bridgehead atoms. The average Bonchev–Trinajstić information content (AvgIpc) is 2.87. The van der Waals surface area contributed by atoms with Crippen LogP contribution in [-0.2, 0) is 0 Å². The lowest BCUT2D eigenvalue weighted by atomic mass is 10.1. The number of fused-ring (bicyclic) bond motifs is 1. The molecule has 3 aromatic rings. The first-order valence-electron chi connectivity index (χ1n) is 7.98. The highest BCUT2D eigenvalue weighted by Gasteiger charge is 2.23. The number of Topliss-reactive ketones (excluding diaryl/α,β-unsaturated/α-hetero) is 1. The number of ketones is 1. The number of aromatic amines is 1. The normalized spacial score (nSPS) is 12.5. The number of aryl methyl sites for hydroxylation is 3. The maximum absolute atomic E-state index is 13.0. The molecular weight excluding hydrogens is 318 g/mol. The van der Waals surface area contributed by atoms with Crippen molar-refractivity contribution in [3.05, 3.63) is 52.5 Å². The number of thioether (sulfide) groups is 1. The molecule has 0 aliphatic heterocycles. The second kappa shape index (κ2) is 6.40. The first kappa shape index (κ1) is 16.7. The molecule has 0 saturated carbocycles. The van der Waals surface area contributed by atoms with Gasteiger partial charge >= 0.3 is 0 Å². The fraction of sp³-hybridized carbons (Fsp3) is 0.316. The second-order valence-corrected chi connectivity index (χ2v) is 7.40. The van der Waals surface area contributed by atoms with Gasteiger partial charge in [-0.2, -0.15) is 0 Å². The molecule has 1 N–H and O–H groups in total. The van der Waals surface area contributed by atoms with Crippen molar-refractivity contribution in [3.63, 3.8) is 0 Å². The predicted octanol–water partition coefficient (Wildman–Crippen LogP) is 4.56. The largest absolute Gasteiger partial charge is 0.358 e. The average molecular weight is 339 g/mol. The van der Waals surface area contributed by atoms with Gasteiger partial charge in [0.2, 0.25) is 0 Å². The molecule has 0 amide bonds. The van der Waals surface area contributed by atoms with E-state index in [-0.39, 0.29) is 11.0 Å². The minimum absolute atomic E-state index is 0.106. The third-order valence-electron chi connectivity index (χ3n) is 4.40. The lowest BCUT2D eigenvalue weighted by molar-refractivity contribution is 0.0995. The highest BCUT2D eigenvalue weighted by molar-refractivity contribution is 8.00. The first-order valence-corrected chi connectivity index (χ1v) is 8.86. The summed E-state index contributed by atoms with van der Waals surface area (Å²) in [5, 5.41) is 1.39. The van der Waals surface area contributed by atoms with Crippen molar-refractivity contribution >= 4 is 28.4 Å². The molecule has 0 unspecified atom stereocenters. The summed E-state index contributed by atoms with van der Waals surface area (Å²) in [6.45, 7) is 9.83. The number of rotatable bonds is 4. The van der Waals surface area contributed by atoms with Crippen LogP contribution in [0.4, 0.5) is 0 Å². The van der Waals surface area contributed by atoms with Crippen LogP contribution in [0.5, 0.6) is 0 Å². The van der Waals surface area contributed by atoms with E-state index in [0.29, 0.717) is 5.16 Å². The van der Waals surface area contributed by atoms with Crippen LogP contribution in [-0.4, -0.2) is 26.0 Å². The molecule has 4 nitrogen and oxygen atoms in total. The summed E-state index contributed by atoms with van der Waals surface area (Å²) in [7, 11) is 0. The van der Waals surface area contributed by atoms with Crippen LogP contribution in [0.25, 0.3) is 10.9 Å². The zero-order valence-corrected chi connectivity index (χ0v) is 15.4. The van der Waals surface area contributed by atoms with Crippen molar-refractivity contribution in [2.24, 2.45) is 0 Å². The first-order chi connectivity index (χ1) is 11.4. The van der Waals surface area contributed by atoms with Crippen molar-refractivity contribution in [3.8, 4) is 0 Å². The SMILES string of the molecule is Cc1nc(S[C@H](C)C(=O)c2c(C)[nH]c3ccccc23)nc(C)c1C. The Labute approximate surface area is 146 Å². The molecule has 1 atom stereocenters. The van der Waals surface area contributed by atoms with E-state index in [9.17, 15) is 4.79 Å². The van der Waals surface area contributed by atoms with Crippen LogP contribution < -0.4 is 0 Å². The van der Waals surface area contributed by atoms with Gasteiger partial charge in [0, 0.05) is 33.5 Å². The number of H-pyrrole nitrogens is 1. The molecule has 2 aromatic heterocycles. The number of hydrogen-bond acceptors (Lipinski definition) is 4. The van der Waals surface area contributed by atoms with Gasteiger partial charge in [0.05, 0.1) is 5.25 Å². The molecule has 2 heterocycles. The van der Waals surface area contributed by atoms with Crippen LogP contribution in [0.15, 0.2) is 29.4 Å². The Hall–Kier alpha value is -2.14. The lowest BCUT2D eigenvalue weighted by Gasteiger charge is -2.11. The van der Waals surface area contributed by atoms with E-state index in [1.165, 1.54) is 11.8 Å². The smallest absolute Gasteiger partial charge is 0.188 e. The Kier molecular flexibility index (Phi) is 4.45. The number of carbonyl (C=O) groups is 1. The third-order valence-corrected chi connectivity index (χ3v) is 5.36. The van der Waals surface area contributed by atoms with E-state index < -0.39 is 0 Å². The number of hydrogen-bond donors (Lipinski definition) is 1. The Morgan fingerprint density at radius 2 is 1.71 bits per heavy atom. The minimum atomic E-state index is -0.246. The number of aromatic nitrogens is 3. The summed E-state index contributed by atoms with van der Waals surface area (Å²) in [6.07, 6.45) is 0. The summed E-state index contributed by atoms with van der Waals surface area (Å²) in [5.74, 6) is 0.106. The van der Waals surface area contributed by atoms with Crippen LogP contribution in [0.3, 0.4) is 0 Å². The number of nitrogens with one attached hydrogen (secondary N) is 1. The van der Waals surface area contributed by atoms with Gasteiger partial charge in [0.15, 0.2) is 10.9 Å². The molecule has 0 aliphatic rings. The van der Waals surface area contributed by atoms with Gasteiger partial charge in [-0.3, -0.25) is 4.79 Å². The highest BCUT2D eigenvalue weighted by atomic mass is 32.2. The summed E-state index contributed by atoms with van der Waals surface area (Å²) in [6, 6.07) is 7.91.